The van der Waals surface area contributed by atoms with E-state index in [2.05, 4.69) is 83.4 Å². The van der Waals surface area contributed by atoms with Crippen LogP contribution in [0.1, 0.15) is 0 Å². The summed E-state index contributed by atoms with van der Waals surface area (Å²) in [5.41, 5.74) is 5.63. The molecule has 0 aliphatic rings. The molecule has 0 spiro atoms. The largest absolute Gasteiger partial charge is 0.339 e. The zero-order valence-electron chi connectivity index (χ0n) is 14.6. The van der Waals surface area contributed by atoms with Gasteiger partial charge in [-0.1, -0.05) is 54.6 Å². The van der Waals surface area contributed by atoms with Gasteiger partial charge in [-0.2, -0.15) is 0 Å². The molecule has 3 heteroatoms. The van der Waals surface area contributed by atoms with Crippen molar-refractivity contribution in [1.82, 2.24) is 9.24 Å². The number of hydrogen-bond acceptors (Lipinski definition) is 1. The minimum absolute atomic E-state index is 1.05. The van der Waals surface area contributed by atoms with Gasteiger partial charge in [-0.25, -0.2) is 0 Å². The molecule has 0 aliphatic carbocycles. The molecule has 0 atom stereocenters. The molecule has 6 rings (SSSR count). The lowest BCUT2D eigenvalue weighted by Crippen LogP contribution is -2.06. The molecular formula is C24H17N3. The lowest BCUT2D eigenvalue weighted by Gasteiger charge is -2.07. The Hall–Kier alpha value is -3.72. The van der Waals surface area contributed by atoms with Gasteiger partial charge in [0.1, 0.15) is 0 Å². The van der Waals surface area contributed by atoms with E-state index in [9.17, 15) is 0 Å². The van der Waals surface area contributed by atoms with E-state index in [0.29, 0.717) is 0 Å². The average molecular weight is 347 g/mol. The Kier molecular flexibility index (Phi) is 2.75. The van der Waals surface area contributed by atoms with Crippen molar-refractivity contribution in [2.45, 2.75) is 0 Å². The van der Waals surface area contributed by atoms with E-state index in [1.54, 1.807) is 4.68 Å². The second kappa shape index (κ2) is 5.15. The molecule has 128 valence electrons. The molecule has 2 aromatic heterocycles. The van der Waals surface area contributed by atoms with Gasteiger partial charge in [-0.05, 0) is 36.4 Å². The number of rotatable bonds is 1. The van der Waals surface area contributed by atoms with Crippen molar-refractivity contribution in [3.63, 3.8) is 0 Å². The van der Waals surface area contributed by atoms with Crippen molar-refractivity contribution in [2.24, 2.45) is 0 Å². The third-order valence-electron chi connectivity index (χ3n) is 5.52. The van der Waals surface area contributed by atoms with Crippen molar-refractivity contribution < 1.29 is 0 Å². The molecule has 27 heavy (non-hydrogen) atoms. The van der Waals surface area contributed by atoms with E-state index in [-0.39, 0.29) is 0 Å². The molecule has 6 aromatic rings. The van der Waals surface area contributed by atoms with Crippen LogP contribution in [0.3, 0.4) is 0 Å². The molecule has 2 N–H and O–H groups in total. The van der Waals surface area contributed by atoms with Gasteiger partial charge in [0.05, 0.1) is 22.1 Å². The summed E-state index contributed by atoms with van der Waals surface area (Å²) in [6, 6.07) is 31.9. The number of nitrogen functional groups attached to an aromatic ring is 1. The van der Waals surface area contributed by atoms with Crippen molar-refractivity contribution in [3.05, 3.63) is 91.0 Å². The van der Waals surface area contributed by atoms with Gasteiger partial charge in [0.25, 0.3) is 0 Å². The van der Waals surface area contributed by atoms with Crippen LogP contribution in [0.25, 0.3) is 49.3 Å². The van der Waals surface area contributed by atoms with Crippen LogP contribution in [0, 0.1) is 0 Å². The second-order valence-electron chi connectivity index (χ2n) is 6.96. The van der Waals surface area contributed by atoms with E-state index in [1.165, 1.54) is 32.6 Å². The lowest BCUT2D eigenvalue weighted by atomic mass is 10.1. The zero-order valence-corrected chi connectivity index (χ0v) is 14.6. The Bertz CT molecular complexity index is 1470. The third-order valence-corrected chi connectivity index (χ3v) is 5.52. The maximum Gasteiger partial charge on any atom is 0.0724 e. The van der Waals surface area contributed by atoms with Crippen molar-refractivity contribution in [1.29, 1.82) is 0 Å². The molecule has 2 heterocycles. The fourth-order valence-electron chi connectivity index (χ4n) is 4.32. The predicted molar refractivity (Wildman–Crippen MR) is 114 cm³/mol. The van der Waals surface area contributed by atoms with E-state index >= 15 is 0 Å². The third kappa shape index (κ3) is 1.86. The molecule has 4 aromatic carbocycles. The fourth-order valence-corrected chi connectivity index (χ4v) is 4.32. The number of benzene rings is 4. The van der Waals surface area contributed by atoms with Crippen molar-refractivity contribution in [2.75, 3.05) is 5.84 Å². The summed E-state index contributed by atoms with van der Waals surface area (Å²) >= 11 is 0. The first-order valence-corrected chi connectivity index (χ1v) is 9.10. The minimum Gasteiger partial charge on any atom is -0.339 e. The smallest absolute Gasteiger partial charge is 0.0724 e. The Morgan fingerprint density at radius 3 is 1.85 bits per heavy atom. The first-order chi connectivity index (χ1) is 13.3. The first-order valence-electron chi connectivity index (χ1n) is 9.10. The maximum atomic E-state index is 6.46. The summed E-state index contributed by atoms with van der Waals surface area (Å²) in [6.45, 7) is 0. The van der Waals surface area contributed by atoms with Gasteiger partial charge in [-0.15, -0.1) is 0 Å². The topological polar surface area (TPSA) is 35.9 Å². The van der Waals surface area contributed by atoms with Gasteiger partial charge in [0.2, 0.25) is 0 Å². The number of hydrogen-bond donors (Lipinski definition) is 1. The van der Waals surface area contributed by atoms with E-state index in [1.807, 2.05) is 12.1 Å². The van der Waals surface area contributed by atoms with Crippen molar-refractivity contribution in [3.8, 4) is 5.69 Å². The molecule has 0 saturated heterocycles. The number of nitrogens with zero attached hydrogens (tertiary/aromatic N) is 2. The fraction of sp³-hybridized carbons (Fsp3) is 0. The standard InChI is InChI=1S/C24H17N3/c25-27-22-13-7-5-11-18(22)20-14-19-17-10-4-6-12-21(17)26(23(19)15-24(20)27)16-8-2-1-3-9-16/h1-15H,25H2. The molecule has 3 nitrogen and oxygen atoms in total. The van der Waals surface area contributed by atoms with E-state index in [0.717, 1.165) is 16.7 Å². The summed E-state index contributed by atoms with van der Waals surface area (Å²) in [5, 5.41) is 4.88. The minimum atomic E-state index is 1.05. The van der Waals surface area contributed by atoms with Gasteiger partial charge in [0.15, 0.2) is 0 Å². The van der Waals surface area contributed by atoms with Crippen LogP contribution >= 0.6 is 0 Å². The van der Waals surface area contributed by atoms with Crippen LogP contribution in [0.15, 0.2) is 91.0 Å². The molecule has 0 bridgehead atoms. The highest BCUT2D eigenvalue weighted by atomic mass is 15.3. The summed E-state index contributed by atoms with van der Waals surface area (Å²) in [6.07, 6.45) is 0. The highest BCUT2D eigenvalue weighted by Crippen LogP contribution is 2.37. The van der Waals surface area contributed by atoms with Crippen molar-refractivity contribution >= 4 is 43.6 Å². The molecule has 0 radical (unpaired) electrons. The van der Waals surface area contributed by atoms with E-state index < -0.39 is 0 Å². The summed E-state index contributed by atoms with van der Waals surface area (Å²) in [5.74, 6) is 6.46. The molecule has 0 amide bonds. The number of aromatic nitrogens is 2. The van der Waals surface area contributed by atoms with Crippen LogP contribution in [0.5, 0.6) is 0 Å². The van der Waals surface area contributed by atoms with Gasteiger partial charge >= 0.3 is 0 Å². The van der Waals surface area contributed by atoms with Gasteiger partial charge in [-0.3, -0.25) is 4.68 Å². The Labute approximate surface area is 155 Å². The van der Waals surface area contributed by atoms with E-state index in [4.69, 9.17) is 5.84 Å². The first kappa shape index (κ1) is 14.4. The highest BCUT2D eigenvalue weighted by molar-refractivity contribution is 6.18. The predicted octanol–water partition coefficient (Wildman–Crippen LogP) is 5.61. The second-order valence-corrected chi connectivity index (χ2v) is 6.96. The molecule has 0 fully saturated rings. The molecule has 0 unspecified atom stereocenters. The Morgan fingerprint density at radius 1 is 0.481 bits per heavy atom. The monoisotopic (exact) mass is 347 g/mol. The average Bonchev–Trinajstić information content (AvgIpc) is 3.20. The van der Waals surface area contributed by atoms with Crippen LogP contribution in [-0.4, -0.2) is 9.24 Å². The summed E-state index contributed by atoms with van der Waals surface area (Å²) in [7, 11) is 0. The Balaban J connectivity index is 1.87. The maximum absolute atomic E-state index is 6.46. The quantitative estimate of drug-likeness (QED) is 0.386. The Morgan fingerprint density at radius 2 is 1.07 bits per heavy atom. The molecular weight excluding hydrogens is 330 g/mol. The SMILES string of the molecule is Nn1c2ccccc2c2cc3c4ccccc4n(-c4ccccc4)c3cc21. The molecule has 0 aliphatic heterocycles. The number of fused-ring (bicyclic) bond motifs is 6. The van der Waals surface area contributed by atoms with Crippen LogP contribution < -0.4 is 5.84 Å². The molecule has 0 saturated carbocycles. The number of para-hydroxylation sites is 3. The summed E-state index contributed by atoms with van der Waals surface area (Å²) in [4.78, 5) is 0. The van der Waals surface area contributed by atoms with Crippen LogP contribution in [0.2, 0.25) is 0 Å². The van der Waals surface area contributed by atoms with Gasteiger partial charge in [0, 0.05) is 27.2 Å². The van der Waals surface area contributed by atoms with Gasteiger partial charge < -0.3 is 10.4 Å². The van der Waals surface area contributed by atoms with Crippen LogP contribution in [0.4, 0.5) is 0 Å². The zero-order chi connectivity index (χ0) is 18.0. The van der Waals surface area contributed by atoms with Crippen LogP contribution in [-0.2, 0) is 0 Å². The lowest BCUT2D eigenvalue weighted by molar-refractivity contribution is 1.12. The number of nitrogens with two attached hydrogens (primary N) is 1. The summed E-state index contributed by atoms with van der Waals surface area (Å²) < 4.78 is 4.12. The normalized spacial score (nSPS) is 11.9. The highest BCUT2D eigenvalue weighted by Gasteiger charge is 2.16.